The van der Waals surface area contributed by atoms with E-state index in [4.69, 9.17) is 16.1 Å². The highest BCUT2D eigenvalue weighted by atomic mass is 16.4. The minimum absolute atomic E-state index is 0.0974. The van der Waals surface area contributed by atoms with Gasteiger partial charge in [0.15, 0.2) is 5.69 Å². The monoisotopic (exact) mass is 321 g/mol. The number of hydrogen-bond donors (Lipinski definition) is 2. The lowest BCUT2D eigenvalue weighted by atomic mass is 10.0. The molecule has 0 saturated carbocycles. The average molecular weight is 321 g/mol. The van der Waals surface area contributed by atoms with Crippen LogP contribution in [0.1, 0.15) is 32.7 Å². The Labute approximate surface area is 138 Å². The van der Waals surface area contributed by atoms with Gasteiger partial charge in [0, 0.05) is 24.3 Å². The Hall–Kier alpha value is -3.24. The van der Waals surface area contributed by atoms with E-state index in [9.17, 15) is 4.79 Å². The fourth-order valence-corrected chi connectivity index (χ4v) is 2.68. The molecule has 0 amide bonds. The van der Waals surface area contributed by atoms with E-state index >= 15 is 0 Å². The Bertz CT molecular complexity index is 985. The van der Waals surface area contributed by atoms with Crippen LogP contribution in [0.25, 0.3) is 10.9 Å². The van der Waals surface area contributed by atoms with Gasteiger partial charge in [-0.05, 0) is 35.7 Å². The number of carboxylic acid groups (broad SMARTS) is 1. The van der Waals surface area contributed by atoms with Crippen LogP contribution in [0, 0.1) is 18.3 Å². The van der Waals surface area contributed by atoms with E-state index in [1.165, 1.54) is 10.9 Å². The lowest BCUT2D eigenvalue weighted by Crippen LogP contribution is -2.04. The van der Waals surface area contributed by atoms with Crippen molar-refractivity contribution < 1.29 is 9.90 Å². The van der Waals surface area contributed by atoms with Gasteiger partial charge in [-0.3, -0.25) is 9.67 Å². The van der Waals surface area contributed by atoms with Gasteiger partial charge in [-0.15, -0.1) is 0 Å². The zero-order valence-corrected chi connectivity index (χ0v) is 13.0. The topological polar surface area (TPSA) is 118 Å². The van der Waals surface area contributed by atoms with Crippen LogP contribution < -0.4 is 5.73 Å². The number of nitrogens with two attached hydrogens (primary N) is 1. The molecule has 120 valence electrons. The molecular weight excluding hydrogens is 306 g/mol. The molecule has 0 bridgehead atoms. The molecule has 3 rings (SSSR count). The zero-order valence-electron chi connectivity index (χ0n) is 13.0. The third-order valence-electron chi connectivity index (χ3n) is 3.72. The van der Waals surface area contributed by atoms with Gasteiger partial charge in [0.05, 0.1) is 12.1 Å². The normalized spacial score (nSPS) is 10.7. The Balaban J connectivity index is 2.04. The molecule has 0 saturated heterocycles. The van der Waals surface area contributed by atoms with Crippen molar-refractivity contribution in [2.24, 2.45) is 5.73 Å². The van der Waals surface area contributed by atoms with E-state index in [1.54, 1.807) is 12.3 Å². The Morgan fingerprint density at radius 1 is 1.42 bits per heavy atom. The standard InChI is InChI=1S/C17H15N5O2/c1-10-2-12-3-11(4-13(5-18)16(12)20-7-10)8-22-9-14(17(23)24)15(6-19)21-22/h2-4,7,9H,5,8,18H2,1H3,(H,23,24). The van der Waals surface area contributed by atoms with Gasteiger partial charge in [-0.1, -0.05) is 6.07 Å². The van der Waals surface area contributed by atoms with Crippen LogP contribution in [0.4, 0.5) is 0 Å². The summed E-state index contributed by atoms with van der Waals surface area (Å²) >= 11 is 0. The van der Waals surface area contributed by atoms with Gasteiger partial charge >= 0.3 is 5.97 Å². The highest BCUT2D eigenvalue weighted by Crippen LogP contribution is 2.21. The van der Waals surface area contributed by atoms with Crippen molar-refractivity contribution >= 4 is 16.9 Å². The molecule has 7 nitrogen and oxygen atoms in total. The van der Waals surface area contributed by atoms with E-state index in [0.29, 0.717) is 13.1 Å². The van der Waals surface area contributed by atoms with Gasteiger partial charge in [0.2, 0.25) is 0 Å². The van der Waals surface area contributed by atoms with Crippen molar-refractivity contribution in [2.75, 3.05) is 0 Å². The summed E-state index contributed by atoms with van der Waals surface area (Å²) in [5.41, 5.74) is 9.35. The van der Waals surface area contributed by atoms with Gasteiger partial charge in [-0.25, -0.2) is 4.79 Å². The number of hydrogen-bond acceptors (Lipinski definition) is 5. The van der Waals surface area contributed by atoms with Crippen LogP contribution in [0.15, 0.2) is 30.6 Å². The fraction of sp³-hybridized carbons (Fsp3) is 0.176. The van der Waals surface area contributed by atoms with Crippen LogP contribution in [-0.2, 0) is 13.1 Å². The first-order valence-corrected chi connectivity index (χ1v) is 7.31. The number of rotatable bonds is 4. The quantitative estimate of drug-likeness (QED) is 0.756. The molecule has 0 spiro atoms. The molecule has 2 heterocycles. The van der Waals surface area contributed by atoms with Gasteiger partial charge in [0.25, 0.3) is 0 Å². The third kappa shape index (κ3) is 2.83. The third-order valence-corrected chi connectivity index (χ3v) is 3.72. The first kappa shape index (κ1) is 15.6. The van der Waals surface area contributed by atoms with Gasteiger partial charge < -0.3 is 10.8 Å². The SMILES string of the molecule is Cc1cnc2c(CN)cc(Cn3cc(C(=O)O)c(C#N)n3)cc2c1. The maximum atomic E-state index is 11.1. The molecule has 0 unspecified atom stereocenters. The first-order valence-electron chi connectivity index (χ1n) is 7.31. The van der Waals surface area contributed by atoms with Crippen LogP contribution in [0.3, 0.4) is 0 Å². The molecule has 1 aromatic carbocycles. The number of aromatic nitrogens is 3. The minimum atomic E-state index is -1.17. The summed E-state index contributed by atoms with van der Waals surface area (Å²) in [6, 6.07) is 7.73. The predicted molar refractivity (Wildman–Crippen MR) is 87.4 cm³/mol. The molecule has 24 heavy (non-hydrogen) atoms. The molecule has 3 N–H and O–H groups in total. The van der Waals surface area contributed by atoms with Crippen molar-refractivity contribution in [1.29, 1.82) is 5.26 Å². The van der Waals surface area contributed by atoms with E-state index in [0.717, 1.165) is 27.6 Å². The lowest BCUT2D eigenvalue weighted by molar-refractivity contribution is 0.0696. The Morgan fingerprint density at radius 3 is 2.83 bits per heavy atom. The maximum absolute atomic E-state index is 11.1. The number of nitriles is 1. The van der Waals surface area contributed by atoms with Gasteiger partial charge in [0.1, 0.15) is 11.6 Å². The molecule has 7 heteroatoms. The highest BCUT2D eigenvalue weighted by molar-refractivity contribution is 5.89. The number of carbonyl (C=O) groups is 1. The van der Waals surface area contributed by atoms with Crippen molar-refractivity contribution in [3.63, 3.8) is 0 Å². The molecule has 0 fully saturated rings. The van der Waals surface area contributed by atoms with E-state index in [-0.39, 0.29) is 11.3 Å². The molecule has 0 radical (unpaired) electrons. The molecule has 0 aliphatic carbocycles. The second-order valence-corrected chi connectivity index (χ2v) is 5.55. The largest absolute Gasteiger partial charge is 0.478 e. The van der Waals surface area contributed by atoms with E-state index in [2.05, 4.69) is 10.1 Å². The van der Waals surface area contributed by atoms with Crippen molar-refractivity contribution in [1.82, 2.24) is 14.8 Å². The second kappa shape index (κ2) is 6.10. The summed E-state index contributed by atoms with van der Waals surface area (Å²) in [5.74, 6) is -1.17. The smallest absolute Gasteiger partial charge is 0.340 e. The molecule has 2 aromatic heterocycles. The molecule has 0 atom stereocenters. The number of pyridine rings is 1. The first-order chi connectivity index (χ1) is 11.5. The zero-order chi connectivity index (χ0) is 17.3. The average Bonchev–Trinajstić information content (AvgIpc) is 2.96. The molecule has 3 aromatic rings. The summed E-state index contributed by atoms with van der Waals surface area (Å²) in [5, 5.41) is 23.1. The number of fused-ring (bicyclic) bond motifs is 1. The van der Waals surface area contributed by atoms with Crippen molar-refractivity contribution in [2.45, 2.75) is 20.0 Å². The number of aryl methyl sites for hydroxylation is 1. The van der Waals surface area contributed by atoms with Crippen LogP contribution in [0.5, 0.6) is 0 Å². The maximum Gasteiger partial charge on any atom is 0.340 e. The second-order valence-electron chi connectivity index (χ2n) is 5.55. The summed E-state index contributed by atoms with van der Waals surface area (Å²) in [4.78, 5) is 15.6. The van der Waals surface area contributed by atoms with E-state index < -0.39 is 5.97 Å². The number of benzene rings is 1. The summed E-state index contributed by atoms with van der Waals surface area (Å²) in [6.07, 6.45) is 3.16. The Kier molecular flexibility index (Phi) is 3.98. The Morgan fingerprint density at radius 2 is 2.21 bits per heavy atom. The summed E-state index contributed by atoms with van der Waals surface area (Å²) in [7, 11) is 0. The molecule has 0 aliphatic rings. The predicted octanol–water partition coefficient (Wildman–Crippen LogP) is 1.82. The van der Waals surface area contributed by atoms with Crippen LogP contribution in [-0.4, -0.2) is 25.8 Å². The summed E-state index contributed by atoms with van der Waals surface area (Å²) in [6.45, 7) is 2.66. The van der Waals surface area contributed by atoms with Gasteiger partial charge in [-0.2, -0.15) is 10.4 Å². The minimum Gasteiger partial charge on any atom is -0.478 e. The van der Waals surface area contributed by atoms with E-state index in [1.807, 2.05) is 25.1 Å². The van der Waals surface area contributed by atoms with Crippen molar-refractivity contribution in [3.05, 3.63) is 58.5 Å². The van der Waals surface area contributed by atoms with Crippen LogP contribution in [0.2, 0.25) is 0 Å². The number of aromatic carboxylic acids is 1. The lowest BCUT2D eigenvalue weighted by Gasteiger charge is -2.09. The number of carboxylic acids is 1. The number of nitrogens with zero attached hydrogens (tertiary/aromatic N) is 4. The van der Waals surface area contributed by atoms with Crippen molar-refractivity contribution in [3.8, 4) is 6.07 Å². The fourth-order valence-electron chi connectivity index (χ4n) is 2.68. The highest BCUT2D eigenvalue weighted by Gasteiger charge is 2.15. The van der Waals surface area contributed by atoms with Crippen LogP contribution >= 0.6 is 0 Å². The molecule has 0 aliphatic heterocycles. The summed E-state index contributed by atoms with van der Waals surface area (Å²) < 4.78 is 1.45. The molecular formula is C17H15N5O2.